The van der Waals surface area contributed by atoms with E-state index in [-0.39, 0.29) is 24.2 Å². The lowest BCUT2D eigenvalue weighted by atomic mass is 9.45. The summed E-state index contributed by atoms with van der Waals surface area (Å²) in [5.74, 6) is -0.471. The first-order chi connectivity index (χ1) is 12.1. The Bertz CT molecular complexity index is 611. The van der Waals surface area contributed by atoms with E-state index in [0.29, 0.717) is 6.42 Å². The molecular weight excluding hydrogens is 336 g/mol. The Morgan fingerprint density at radius 1 is 1.31 bits per heavy atom. The largest absolute Gasteiger partial charge is 0.394 e. The summed E-state index contributed by atoms with van der Waals surface area (Å²) in [6.45, 7) is 7.47. The van der Waals surface area contributed by atoms with Crippen LogP contribution in [0.25, 0.3) is 0 Å². The highest BCUT2D eigenvalue weighted by atomic mass is 16.6. The molecule has 1 aliphatic heterocycles. The van der Waals surface area contributed by atoms with Gasteiger partial charge in [0.2, 0.25) is 0 Å². The maximum atomic E-state index is 13.0. The molecule has 1 heterocycles. The number of fused-ring (bicyclic) bond motifs is 1. The van der Waals surface area contributed by atoms with E-state index in [4.69, 9.17) is 4.74 Å². The molecule has 26 heavy (non-hydrogen) atoms. The van der Waals surface area contributed by atoms with Crippen LogP contribution in [-0.4, -0.2) is 63.3 Å². The smallest absolute Gasteiger partial charge is 0.171 e. The van der Waals surface area contributed by atoms with Gasteiger partial charge in [-0.2, -0.15) is 0 Å². The standard InChI is InChI=1S/C20H32O6/c1-11-6-5-7-13-18(3,12(2)16(24)17(25)19(11,13)4)8-14(22)20(10-26-20)15(23)9-21/h6,12-16,21-24H,5,7-10H2,1-4H3/t12-,13+,14-,15+,16-,18+,19+,20-/m0/s1. The van der Waals surface area contributed by atoms with Crippen LogP contribution < -0.4 is 0 Å². The molecule has 0 unspecified atom stereocenters. The van der Waals surface area contributed by atoms with Gasteiger partial charge in [-0.1, -0.05) is 25.5 Å². The second-order valence-electron chi connectivity index (χ2n) is 8.98. The fourth-order valence-electron chi connectivity index (χ4n) is 5.57. The van der Waals surface area contributed by atoms with Crippen LogP contribution in [-0.2, 0) is 9.53 Å². The number of epoxide rings is 1. The van der Waals surface area contributed by atoms with Crippen molar-refractivity contribution in [1.29, 1.82) is 0 Å². The summed E-state index contributed by atoms with van der Waals surface area (Å²) in [4.78, 5) is 13.0. The molecule has 2 fully saturated rings. The fourth-order valence-corrected chi connectivity index (χ4v) is 5.57. The molecule has 0 spiro atoms. The lowest BCUT2D eigenvalue weighted by Crippen LogP contribution is -2.62. The maximum absolute atomic E-state index is 13.0. The number of ketones is 1. The monoisotopic (exact) mass is 368 g/mol. The lowest BCUT2D eigenvalue weighted by molar-refractivity contribution is -0.170. The Morgan fingerprint density at radius 2 is 1.92 bits per heavy atom. The van der Waals surface area contributed by atoms with Crippen molar-refractivity contribution < 1.29 is 30.0 Å². The van der Waals surface area contributed by atoms with Crippen molar-refractivity contribution in [1.82, 2.24) is 0 Å². The Labute approximate surface area is 154 Å². The zero-order valence-electron chi connectivity index (χ0n) is 16.1. The number of aliphatic hydroxyl groups is 4. The van der Waals surface area contributed by atoms with Crippen molar-refractivity contribution in [2.75, 3.05) is 13.2 Å². The highest BCUT2D eigenvalue weighted by Gasteiger charge is 2.64. The molecule has 148 valence electrons. The summed E-state index contributed by atoms with van der Waals surface area (Å²) in [7, 11) is 0. The van der Waals surface area contributed by atoms with E-state index in [1.54, 1.807) is 0 Å². The van der Waals surface area contributed by atoms with E-state index in [9.17, 15) is 25.2 Å². The molecule has 4 N–H and O–H groups in total. The van der Waals surface area contributed by atoms with Gasteiger partial charge >= 0.3 is 0 Å². The molecule has 0 aromatic heterocycles. The quantitative estimate of drug-likeness (QED) is 0.422. The van der Waals surface area contributed by atoms with Gasteiger partial charge in [-0.05, 0) is 50.4 Å². The number of rotatable bonds is 5. The SMILES string of the molecule is CC1=CCC[C@H]2[C@]1(C)C(=O)[C@@H](O)[C@H](C)[C@@]2(C)C[C@H](O)[C@]1([C@H](O)CO)CO1. The van der Waals surface area contributed by atoms with Crippen molar-refractivity contribution in [2.45, 2.75) is 70.9 Å². The maximum Gasteiger partial charge on any atom is 0.171 e. The molecule has 0 aromatic carbocycles. The molecule has 6 heteroatoms. The van der Waals surface area contributed by atoms with Crippen molar-refractivity contribution in [3.63, 3.8) is 0 Å². The summed E-state index contributed by atoms with van der Waals surface area (Å²) in [5.41, 5.74) is -1.41. The van der Waals surface area contributed by atoms with E-state index >= 15 is 0 Å². The number of ether oxygens (including phenoxy) is 1. The number of allylic oxidation sites excluding steroid dienone is 2. The van der Waals surface area contributed by atoms with Crippen molar-refractivity contribution in [2.24, 2.45) is 22.7 Å². The minimum absolute atomic E-state index is 0.0115. The molecule has 3 aliphatic rings. The Morgan fingerprint density at radius 3 is 2.46 bits per heavy atom. The van der Waals surface area contributed by atoms with Crippen LogP contribution in [0.15, 0.2) is 11.6 Å². The van der Waals surface area contributed by atoms with Gasteiger partial charge in [0.1, 0.15) is 17.8 Å². The van der Waals surface area contributed by atoms with Crippen LogP contribution in [0.2, 0.25) is 0 Å². The van der Waals surface area contributed by atoms with Gasteiger partial charge < -0.3 is 25.2 Å². The van der Waals surface area contributed by atoms with Gasteiger partial charge in [0.15, 0.2) is 5.78 Å². The Hall–Kier alpha value is -0.790. The summed E-state index contributed by atoms with van der Waals surface area (Å²) in [6, 6.07) is 0. The summed E-state index contributed by atoms with van der Waals surface area (Å²) in [5, 5.41) is 41.0. The molecule has 3 rings (SSSR count). The predicted octanol–water partition coefficient (Wildman–Crippen LogP) is 0.808. The first kappa shape index (κ1) is 20.0. The van der Waals surface area contributed by atoms with Crippen LogP contribution >= 0.6 is 0 Å². The number of aliphatic hydroxyl groups excluding tert-OH is 4. The number of carbonyl (C=O) groups is 1. The summed E-state index contributed by atoms with van der Waals surface area (Å²) in [6.07, 6.45) is 0.843. The average Bonchev–Trinajstić information content (AvgIpc) is 3.42. The summed E-state index contributed by atoms with van der Waals surface area (Å²) >= 11 is 0. The molecule has 0 radical (unpaired) electrons. The van der Waals surface area contributed by atoms with Crippen LogP contribution in [0.4, 0.5) is 0 Å². The number of carbonyl (C=O) groups excluding carboxylic acids is 1. The molecule has 1 saturated heterocycles. The van der Waals surface area contributed by atoms with Crippen LogP contribution in [0.5, 0.6) is 0 Å². The lowest BCUT2D eigenvalue weighted by Gasteiger charge is -2.58. The highest BCUT2D eigenvalue weighted by molar-refractivity contribution is 5.93. The van der Waals surface area contributed by atoms with Gasteiger partial charge in [-0.3, -0.25) is 4.79 Å². The van der Waals surface area contributed by atoms with Gasteiger partial charge in [0, 0.05) is 0 Å². The normalized spacial score (nSPS) is 47.8. The average molecular weight is 368 g/mol. The van der Waals surface area contributed by atoms with Gasteiger partial charge in [-0.15, -0.1) is 0 Å². The van der Waals surface area contributed by atoms with E-state index in [1.165, 1.54) is 0 Å². The molecule has 0 aromatic rings. The second-order valence-corrected chi connectivity index (χ2v) is 8.98. The molecule has 2 aliphatic carbocycles. The van der Waals surface area contributed by atoms with Gasteiger partial charge in [0.05, 0.1) is 24.7 Å². The second kappa shape index (κ2) is 6.38. The third-order valence-electron chi connectivity index (χ3n) is 7.92. The van der Waals surface area contributed by atoms with E-state index in [2.05, 4.69) is 6.08 Å². The zero-order chi connectivity index (χ0) is 19.5. The van der Waals surface area contributed by atoms with Gasteiger partial charge in [-0.25, -0.2) is 0 Å². The highest BCUT2D eigenvalue weighted by Crippen LogP contribution is 2.61. The number of Topliss-reactive ketones (excluding diaryl/α,β-unsaturated/α-hetero) is 1. The molecule has 0 bridgehead atoms. The van der Waals surface area contributed by atoms with E-state index in [1.807, 2.05) is 27.7 Å². The molecule has 8 atom stereocenters. The minimum atomic E-state index is -1.15. The Kier molecular flexibility index (Phi) is 4.90. The minimum Gasteiger partial charge on any atom is -0.394 e. The van der Waals surface area contributed by atoms with Crippen LogP contribution in [0, 0.1) is 22.7 Å². The van der Waals surface area contributed by atoms with Crippen molar-refractivity contribution >= 4 is 5.78 Å². The zero-order valence-corrected chi connectivity index (χ0v) is 16.1. The van der Waals surface area contributed by atoms with Crippen molar-refractivity contribution in [3.05, 3.63) is 11.6 Å². The van der Waals surface area contributed by atoms with Gasteiger partial charge in [0.25, 0.3) is 0 Å². The van der Waals surface area contributed by atoms with E-state index < -0.39 is 41.3 Å². The molecule has 1 saturated carbocycles. The van der Waals surface area contributed by atoms with Crippen LogP contribution in [0.3, 0.4) is 0 Å². The predicted molar refractivity (Wildman–Crippen MR) is 95.3 cm³/mol. The third-order valence-corrected chi connectivity index (χ3v) is 7.92. The number of hydrogen-bond acceptors (Lipinski definition) is 6. The van der Waals surface area contributed by atoms with Crippen molar-refractivity contribution in [3.8, 4) is 0 Å². The molecular formula is C20H32O6. The van der Waals surface area contributed by atoms with Crippen LogP contribution in [0.1, 0.15) is 47.0 Å². The molecule has 0 amide bonds. The topological polar surface area (TPSA) is 111 Å². The number of hydrogen-bond donors (Lipinski definition) is 4. The first-order valence-electron chi connectivity index (χ1n) is 9.56. The fraction of sp³-hybridized carbons (Fsp3) is 0.850. The first-order valence-corrected chi connectivity index (χ1v) is 9.56. The Balaban J connectivity index is 1.96. The third kappa shape index (κ3) is 2.53. The molecule has 6 nitrogen and oxygen atoms in total. The summed E-state index contributed by atoms with van der Waals surface area (Å²) < 4.78 is 5.36. The van der Waals surface area contributed by atoms with E-state index in [0.717, 1.165) is 18.4 Å².